The molecule has 636 valence electrons. The van der Waals surface area contributed by atoms with Crippen LogP contribution in [0.1, 0.15) is 501 Å². The molecule has 0 aliphatic heterocycles. The lowest BCUT2D eigenvalue weighted by Crippen LogP contribution is -2.49. The van der Waals surface area contributed by atoms with Crippen LogP contribution in [0.15, 0.2) is 0 Å². The van der Waals surface area contributed by atoms with Gasteiger partial charge in [-0.1, -0.05) is 270 Å². The summed E-state index contributed by atoms with van der Waals surface area (Å²) >= 11 is 0. The van der Waals surface area contributed by atoms with Crippen molar-refractivity contribution in [2.45, 2.75) is 501 Å². The quantitative estimate of drug-likeness (QED) is 0.227. The van der Waals surface area contributed by atoms with E-state index in [1.54, 1.807) is 449 Å². The van der Waals surface area contributed by atoms with Crippen LogP contribution in [0.2, 0.25) is 0 Å². The summed E-state index contributed by atoms with van der Waals surface area (Å²) in [6, 6.07) is 0. The van der Waals surface area contributed by atoms with E-state index >= 15 is 0 Å². The van der Waals surface area contributed by atoms with Crippen molar-refractivity contribution in [3.8, 4) is 0 Å². The number of rotatable bonds is 0. The normalized spacial score (nSPS) is 49.3. The highest BCUT2D eigenvalue weighted by Crippen LogP contribution is 2.65. The van der Waals surface area contributed by atoms with Gasteiger partial charge in [-0.2, -0.15) is 0 Å². The summed E-state index contributed by atoms with van der Waals surface area (Å²) in [6.45, 7) is 0. The fourth-order valence-electron chi connectivity index (χ4n) is 39.4. The Morgan fingerprint density at radius 1 is 0.0982 bits per heavy atom. The zero-order chi connectivity index (χ0) is 74.6. The average molecular weight is 1530 g/mol. The van der Waals surface area contributed by atoms with Crippen LogP contribution in [-0.4, -0.2) is 0 Å². The van der Waals surface area contributed by atoms with E-state index in [1.165, 1.54) is 182 Å². The molecule has 26 aliphatic rings. The molecule has 26 aliphatic carbocycles. The zero-order valence-electron chi connectivity index (χ0n) is 74.6. The molecule has 26 fully saturated rings. The fourth-order valence-corrected chi connectivity index (χ4v) is 39.4. The molecule has 30 atom stereocenters. The molecule has 112 heavy (non-hydrogen) atoms. The third-order valence-corrected chi connectivity index (χ3v) is 44.7. The zero-order valence-corrected chi connectivity index (χ0v) is 74.6. The first-order valence-electron chi connectivity index (χ1n) is 55.5. The number of hydrogen-bond donors (Lipinski definition) is 0. The van der Waals surface area contributed by atoms with Gasteiger partial charge in [0, 0.05) is 0 Å². The smallest absolute Gasteiger partial charge is 0.0297 e. The Morgan fingerprint density at radius 3 is 0.571 bits per heavy atom. The molecule has 0 radical (unpaired) electrons. The molecule has 0 aromatic rings. The third kappa shape index (κ3) is 18.8. The van der Waals surface area contributed by atoms with Gasteiger partial charge in [-0.3, -0.25) is 0 Å². The van der Waals surface area contributed by atoms with Gasteiger partial charge in [-0.25, -0.2) is 0 Å². The predicted molar refractivity (Wildman–Crippen MR) is 477 cm³/mol. The van der Waals surface area contributed by atoms with Crippen molar-refractivity contribution >= 4 is 0 Å². The molecule has 0 bridgehead atoms. The van der Waals surface area contributed by atoms with Crippen molar-refractivity contribution in [2.24, 2.45) is 200 Å². The fraction of sp³-hybridized carbons (Fsp3) is 1.00. The molecule has 0 aromatic carbocycles. The molecule has 26 saturated carbocycles. The Labute approximate surface area is 696 Å². The molecule has 0 N–H and O–H groups in total. The van der Waals surface area contributed by atoms with Gasteiger partial charge in [0.15, 0.2) is 0 Å². The Bertz CT molecular complexity index is 2670. The summed E-state index contributed by atoms with van der Waals surface area (Å²) in [5, 5.41) is 0. The standard InChI is InChI=1S/C22H36.C18H30.C17H28.C14H24.C12H20.C11H18.C10H18.C8H14/c1-3-7-17-15(5-1)9-11-21-19(17)13-14-20-18-8-4-2-6-16(18)10-12-22(20)21;1-3-7-15-13(5-1)9-11-18-16-8-4-2-6-14(16)10-12-17(15)18;1-2-6-14-12(4-1)8-10-17-15-7-3-5-13(15)9-11-16(14)17;1-3-7-13-11(5-1)9-10-12-6-2-4-8-14(12)13;1-3-9-4-2-6-11-8-7-10(5-1)12(9)11;1-3-8-4-2-6-10(8)11-7-9(11)5-1;1-2-6-10(7-3-1)8-4-5-9-10;1-2-4-8(5-3-1)6-7-8/h15-22H,1-14H2;13-18H,1-12H2;12-17H,1-11H2;11-14H,1-10H2;9-12H,1-8H2;8-11H,1-7H2;1-9H2;1-7H2. The van der Waals surface area contributed by atoms with Crippen molar-refractivity contribution in [2.75, 3.05) is 0 Å². The lowest BCUT2D eigenvalue weighted by Gasteiger charge is -2.57. The topological polar surface area (TPSA) is 0 Å². The van der Waals surface area contributed by atoms with Gasteiger partial charge in [0.1, 0.15) is 0 Å². The first-order valence-corrected chi connectivity index (χ1v) is 55.5. The van der Waals surface area contributed by atoms with Crippen LogP contribution in [0.4, 0.5) is 0 Å². The Balaban J connectivity index is 0.0000000877. The highest BCUT2D eigenvalue weighted by atomic mass is 14.6. The maximum absolute atomic E-state index is 1.64. The van der Waals surface area contributed by atoms with E-state index in [0.717, 1.165) is 70.0 Å². The number of hydrogen-bond acceptors (Lipinski definition) is 0. The van der Waals surface area contributed by atoms with Gasteiger partial charge >= 0.3 is 0 Å². The van der Waals surface area contributed by atoms with Gasteiger partial charge in [-0.15, -0.1) is 0 Å². The molecular formula is C112H188. The molecular weight excluding hydrogens is 1350 g/mol. The predicted octanol–water partition coefficient (Wildman–Crippen LogP) is 34.4. The molecule has 30 unspecified atom stereocenters. The maximum atomic E-state index is 1.64. The molecule has 0 heterocycles. The van der Waals surface area contributed by atoms with Crippen LogP contribution in [0, 0.1) is 200 Å². The molecule has 0 saturated heterocycles. The van der Waals surface area contributed by atoms with E-state index in [2.05, 4.69) is 0 Å². The maximum Gasteiger partial charge on any atom is -0.0297 e. The van der Waals surface area contributed by atoms with Gasteiger partial charge in [-0.05, 0) is 431 Å². The van der Waals surface area contributed by atoms with E-state index in [1.807, 2.05) is 0 Å². The van der Waals surface area contributed by atoms with Crippen molar-refractivity contribution in [1.29, 1.82) is 0 Å². The Hall–Kier alpha value is 0. The van der Waals surface area contributed by atoms with E-state index in [-0.39, 0.29) is 0 Å². The van der Waals surface area contributed by atoms with Crippen LogP contribution in [-0.2, 0) is 0 Å². The largest absolute Gasteiger partial charge is 0.0533 e. The number of fused-ring (bicyclic) bond motifs is 23. The summed E-state index contributed by atoms with van der Waals surface area (Å²) in [6.07, 6.45) is 123. The van der Waals surface area contributed by atoms with E-state index < -0.39 is 0 Å². The molecule has 0 aromatic heterocycles. The average Bonchev–Trinajstić information content (AvgIpc) is 1.35. The SMILES string of the molecule is C1CC2CCCC2C2CC2C1.C1CC2CCCC3CCC(C1)C23.C1CCC2(CC1)CC2.C1CCC2(CC1)CCCC2.C1CCC2C(C1)CCC1C2CCC2C3CCCCC3CCC21.C1CCC2C(C1)CCC1C3CCCC3CCC21.C1CCC2C(C1)CCC1C3CCCCC3CCC21.C1CCC2C(C1)CCC1CCCCC12. The van der Waals surface area contributed by atoms with Crippen molar-refractivity contribution < 1.29 is 0 Å². The molecule has 2 spiro atoms. The van der Waals surface area contributed by atoms with Gasteiger partial charge in [0.25, 0.3) is 0 Å². The van der Waals surface area contributed by atoms with Gasteiger partial charge in [0.2, 0.25) is 0 Å². The summed E-state index contributed by atoms with van der Waals surface area (Å²) in [5.74, 6) is 37.4. The van der Waals surface area contributed by atoms with Crippen LogP contribution in [0.5, 0.6) is 0 Å². The van der Waals surface area contributed by atoms with Crippen LogP contribution < -0.4 is 0 Å². The first-order chi connectivity index (χ1) is 55.5. The van der Waals surface area contributed by atoms with Gasteiger partial charge in [0.05, 0.1) is 0 Å². The van der Waals surface area contributed by atoms with E-state index in [9.17, 15) is 0 Å². The van der Waals surface area contributed by atoms with Gasteiger partial charge < -0.3 is 0 Å². The van der Waals surface area contributed by atoms with Crippen LogP contribution >= 0.6 is 0 Å². The minimum atomic E-state index is 0.873. The second-order valence-electron chi connectivity index (χ2n) is 49.3. The van der Waals surface area contributed by atoms with E-state index in [4.69, 9.17) is 0 Å². The summed E-state index contributed by atoms with van der Waals surface area (Å²) in [4.78, 5) is 0. The molecule has 26 rings (SSSR count). The summed E-state index contributed by atoms with van der Waals surface area (Å²) < 4.78 is 0. The Morgan fingerprint density at radius 2 is 0.268 bits per heavy atom. The third-order valence-electron chi connectivity index (χ3n) is 44.7. The first kappa shape index (κ1) is 81.7. The summed E-state index contributed by atoms with van der Waals surface area (Å²) in [7, 11) is 0. The highest BCUT2D eigenvalue weighted by molar-refractivity contribution is 5.05. The molecule has 0 amide bonds. The highest BCUT2D eigenvalue weighted by Gasteiger charge is 2.55. The van der Waals surface area contributed by atoms with Crippen LogP contribution in [0.3, 0.4) is 0 Å². The van der Waals surface area contributed by atoms with Crippen molar-refractivity contribution in [1.82, 2.24) is 0 Å². The Kier molecular flexibility index (Phi) is 28.3. The second-order valence-corrected chi connectivity index (χ2v) is 49.3. The van der Waals surface area contributed by atoms with Crippen molar-refractivity contribution in [3.63, 3.8) is 0 Å². The van der Waals surface area contributed by atoms with E-state index in [0.29, 0.717) is 0 Å². The molecule has 0 heteroatoms. The minimum absolute atomic E-state index is 0.873. The van der Waals surface area contributed by atoms with Crippen molar-refractivity contribution in [3.05, 3.63) is 0 Å². The monoisotopic (exact) mass is 1530 g/mol. The minimum Gasteiger partial charge on any atom is -0.0533 e. The lowest BCUT2D eigenvalue weighted by atomic mass is 9.48. The summed E-state index contributed by atoms with van der Waals surface area (Å²) in [5.41, 5.74) is 1.80. The molecule has 0 nitrogen and oxygen atoms in total. The van der Waals surface area contributed by atoms with Crippen LogP contribution in [0.25, 0.3) is 0 Å². The lowest BCUT2D eigenvalue weighted by molar-refractivity contribution is -0.0786. The second kappa shape index (κ2) is 38.8.